The van der Waals surface area contributed by atoms with E-state index in [1.54, 1.807) is 0 Å². The van der Waals surface area contributed by atoms with Crippen molar-refractivity contribution in [3.8, 4) is 0 Å². The normalized spacial score (nSPS) is 19.2. The highest BCUT2D eigenvalue weighted by atomic mass is 35.5. The molecule has 33 heavy (non-hydrogen) atoms. The van der Waals surface area contributed by atoms with Crippen LogP contribution in [0.2, 0.25) is 0 Å². The maximum Gasteiger partial charge on any atom is 0.227 e. The quantitative estimate of drug-likeness (QED) is 0.613. The molecule has 0 bridgehead atoms. The summed E-state index contributed by atoms with van der Waals surface area (Å²) >= 11 is 0. The second-order valence-corrected chi connectivity index (χ2v) is 9.57. The van der Waals surface area contributed by atoms with Gasteiger partial charge in [0.15, 0.2) is 5.78 Å². The lowest BCUT2D eigenvalue weighted by atomic mass is 9.89. The standard InChI is InChI=1S/C27H32N2O3.ClH/c30-24(23-16-21-7-9-26(32)29-15-12-22(17-23)27(21)29)8-6-19-10-13-28(14-11-19)18-25(31)20-4-2-1-3-5-20;/h1-5,16-17,19,25,31H,6-15,18H2;1H. The summed E-state index contributed by atoms with van der Waals surface area (Å²) in [6.45, 7) is 3.40. The van der Waals surface area contributed by atoms with Crippen molar-refractivity contribution >= 4 is 29.8 Å². The molecule has 1 fully saturated rings. The van der Waals surface area contributed by atoms with Gasteiger partial charge in [0.1, 0.15) is 0 Å². The van der Waals surface area contributed by atoms with E-state index in [1.165, 1.54) is 11.1 Å². The van der Waals surface area contributed by atoms with Gasteiger partial charge in [-0.2, -0.15) is 0 Å². The van der Waals surface area contributed by atoms with Crippen LogP contribution in [0.4, 0.5) is 5.69 Å². The summed E-state index contributed by atoms with van der Waals surface area (Å²) in [6, 6.07) is 13.9. The largest absolute Gasteiger partial charge is 0.387 e. The maximum absolute atomic E-state index is 13.0. The number of hydrogen-bond acceptors (Lipinski definition) is 4. The SMILES string of the molecule is Cl.O=C(CCC1CCN(CC(O)c2ccccc2)CC1)c1cc2c3c(c1)CCN3C(=O)CC2. The Kier molecular flexibility index (Phi) is 7.52. The molecule has 5 nitrogen and oxygen atoms in total. The van der Waals surface area contributed by atoms with Crippen molar-refractivity contribution in [2.24, 2.45) is 5.92 Å². The zero-order chi connectivity index (χ0) is 22.1. The lowest BCUT2D eigenvalue weighted by molar-refractivity contribution is -0.118. The molecule has 5 rings (SSSR count). The number of likely N-dealkylation sites (tertiary alicyclic amines) is 1. The Labute approximate surface area is 202 Å². The zero-order valence-corrected chi connectivity index (χ0v) is 19.9. The van der Waals surface area contributed by atoms with Crippen LogP contribution >= 0.6 is 12.4 Å². The highest BCUT2D eigenvalue weighted by Gasteiger charge is 2.32. The number of aliphatic hydroxyl groups is 1. The van der Waals surface area contributed by atoms with Gasteiger partial charge in [-0.1, -0.05) is 30.3 Å². The minimum absolute atomic E-state index is 0. The van der Waals surface area contributed by atoms with Gasteiger partial charge in [0, 0.05) is 31.5 Å². The summed E-state index contributed by atoms with van der Waals surface area (Å²) in [4.78, 5) is 29.3. The first-order valence-electron chi connectivity index (χ1n) is 12.0. The first-order chi connectivity index (χ1) is 15.6. The van der Waals surface area contributed by atoms with Crippen molar-refractivity contribution in [2.75, 3.05) is 31.1 Å². The molecule has 1 N–H and O–H groups in total. The van der Waals surface area contributed by atoms with Crippen LogP contribution in [-0.4, -0.2) is 47.9 Å². The van der Waals surface area contributed by atoms with Crippen LogP contribution in [0.15, 0.2) is 42.5 Å². The van der Waals surface area contributed by atoms with E-state index in [2.05, 4.69) is 4.90 Å². The van der Waals surface area contributed by atoms with Gasteiger partial charge in [0.05, 0.1) is 11.8 Å². The van der Waals surface area contributed by atoms with E-state index in [0.717, 1.165) is 68.6 Å². The highest BCUT2D eigenvalue weighted by Crippen LogP contribution is 2.38. The van der Waals surface area contributed by atoms with Crippen LogP contribution in [0.25, 0.3) is 0 Å². The number of anilines is 1. The topological polar surface area (TPSA) is 60.9 Å². The number of halogens is 1. The number of aliphatic hydroxyl groups excluding tert-OH is 1. The molecule has 0 spiro atoms. The minimum Gasteiger partial charge on any atom is -0.387 e. The van der Waals surface area contributed by atoms with Crippen molar-refractivity contribution in [1.29, 1.82) is 0 Å². The third kappa shape index (κ3) is 5.16. The van der Waals surface area contributed by atoms with Crippen molar-refractivity contribution in [3.63, 3.8) is 0 Å². The van der Waals surface area contributed by atoms with Gasteiger partial charge in [-0.25, -0.2) is 0 Å². The third-order valence-corrected chi connectivity index (χ3v) is 7.48. The Morgan fingerprint density at radius 1 is 1.00 bits per heavy atom. The lowest BCUT2D eigenvalue weighted by Gasteiger charge is -2.33. The number of piperidine rings is 1. The number of aryl methyl sites for hydroxylation is 1. The van der Waals surface area contributed by atoms with E-state index in [4.69, 9.17) is 0 Å². The number of carbonyl (C=O) groups is 2. The first kappa shape index (κ1) is 23.9. The van der Waals surface area contributed by atoms with Gasteiger partial charge in [-0.3, -0.25) is 9.59 Å². The maximum atomic E-state index is 13.0. The number of β-amino-alcohol motifs (C(OH)–C–C–N with tert-alkyl or cyclic N) is 1. The van der Waals surface area contributed by atoms with Gasteiger partial charge >= 0.3 is 0 Å². The van der Waals surface area contributed by atoms with Crippen LogP contribution in [0.1, 0.15) is 65.3 Å². The molecule has 3 heterocycles. The second kappa shape index (κ2) is 10.4. The van der Waals surface area contributed by atoms with Gasteiger partial charge in [-0.05, 0) is 79.9 Å². The summed E-state index contributed by atoms with van der Waals surface area (Å²) in [5, 5.41) is 10.5. The number of hydrogen-bond donors (Lipinski definition) is 1. The predicted molar refractivity (Wildman–Crippen MR) is 132 cm³/mol. The molecule has 1 amide bonds. The van der Waals surface area contributed by atoms with Crippen LogP contribution in [0, 0.1) is 5.92 Å². The molecular formula is C27H33ClN2O3. The van der Waals surface area contributed by atoms with E-state index in [1.807, 2.05) is 47.4 Å². The highest BCUT2D eigenvalue weighted by molar-refractivity contribution is 6.02. The average molecular weight is 469 g/mol. The fraction of sp³-hybridized carbons (Fsp3) is 0.481. The fourth-order valence-electron chi connectivity index (χ4n) is 5.58. The van der Waals surface area contributed by atoms with Crippen molar-refractivity contribution in [1.82, 2.24) is 4.90 Å². The van der Waals surface area contributed by atoms with E-state index in [0.29, 0.717) is 25.3 Å². The fourth-order valence-corrected chi connectivity index (χ4v) is 5.58. The van der Waals surface area contributed by atoms with Crippen molar-refractivity contribution < 1.29 is 14.7 Å². The number of rotatable bonds is 7. The Bertz CT molecular complexity index is 1000. The van der Waals surface area contributed by atoms with Gasteiger partial charge < -0.3 is 14.9 Å². The van der Waals surface area contributed by atoms with E-state index in [-0.39, 0.29) is 24.1 Å². The van der Waals surface area contributed by atoms with Gasteiger partial charge in [0.25, 0.3) is 0 Å². The number of nitrogens with zero attached hydrogens (tertiary/aromatic N) is 2. The van der Waals surface area contributed by atoms with Gasteiger partial charge in [-0.15, -0.1) is 12.4 Å². The van der Waals surface area contributed by atoms with Crippen LogP contribution < -0.4 is 4.90 Å². The van der Waals surface area contributed by atoms with Crippen LogP contribution in [-0.2, 0) is 17.6 Å². The molecule has 0 aliphatic carbocycles. The molecule has 3 aliphatic heterocycles. The third-order valence-electron chi connectivity index (χ3n) is 7.48. The molecule has 1 saturated heterocycles. The molecule has 1 atom stereocenters. The number of ketones is 1. The molecule has 0 saturated carbocycles. The number of carbonyl (C=O) groups excluding carboxylic acids is 2. The molecule has 6 heteroatoms. The van der Waals surface area contributed by atoms with Crippen LogP contribution in [0.5, 0.6) is 0 Å². The summed E-state index contributed by atoms with van der Waals surface area (Å²) < 4.78 is 0. The number of Topliss-reactive ketones (excluding diaryl/α,β-unsaturated/α-hetero) is 1. The number of amides is 1. The first-order valence-corrected chi connectivity index (χ1v) is 12.0. The van der Waals surface area contributed by atoms with E-state index < -0.39 is 6.10 Å². The molecule has 1 unspecified atom stereocenters. The molecule has 0 aromatic heterocycles. The molecule has 176 valence electrons. The predicted octanol–water partition coefficient (Wildman–Crippen LogP) is 4.35. The smallest absolute Gasteiger partial charge is 0.227 e. The van der Waals surface area contributed by atoms with Crippen molar-refractivity contribution in [3.05, 3.63) is 64.7 Å². The monoisotopic (exact) mass is 468 g/mol. The molecule has 2 aromatic carbocycles. The Morgan fingerprint density at radius 3 is 2.42 bits per heavy atom. The second-order valence-electron chi connectivity index (χ2n) is 9.57. The lowest BCUT2D eigenvalue weighted by Crippen LogP contribution is -2.36. The average Bonchev–Trinajstić information content (AvgIpc) is 3.27. The summed E-state index contributed by atoms with van der Waals surface area (Å²) in [5.41, 5.74) is 5.24. The van der Waals surface area contributed by atoms with E-state index >= 15 is 0 Å². The van der Waals surface area contributed by atoms with Gasteiger partial charge in [0.2, 0.25) is 5.91 Å². The zero-order valence-electron chi connectivity index (χ0n) is 19.0. The summed E-state index contributed by atoms with van der Waals surface area (Å²) in [5.74, 6) is 1.03. The molecular weight excluding hydrogens is 436 g/mol. The summed E-state index contributed by atoms with van der Waals surface area (Å²) in [6.07, 6.45) is 5.43. The minimum atomic E-state index is -0.443. The molecule has 0 radical (unpaired) electrons. The van der Waals surface area contributed by atoms with Crippen LogP contribution in [0.3, 0.4) is 0 Å². The Balaban J connectivity index is 0.00000259. The number of benzene rings is 2. The molecule has 2 aromatic rings. The summed E-state index contributed by atoms with van der Waals surface area (Å²) in [7, 11) is 0. The Morgan fingerprint density at radius 2 is 1.70 bits per heavy atom. The molecule has 3 aliphatic rings. The van der Waals surface area contributed by atoms with E-state index in [9.17, 15) is 14.7 Å². The Hall–Kier alpha value is -2.21. The van der Waals surface area contributed by atoms with Crippen molar-refractivity contribution in [2.45, 2.75) is 51.0 Å².